The van der Waals surface area contributed by atoms with Gasteiger partial charge in [-0.3, -0.25) is 4.79 Å². The summed E-state index contributed by atoms with van der Waals surface area (Å²) in [6.45, 7) is 7.61. The Morgan fingerprint density at radius 1 is 1.36 bits per heavy atom. The summed E-state index contributed by atoms with van der Waals surface area (Å²) in [6, 6.07) is 8.52. The predicted octanol–water partition coefficient (Wildman–Crippen LogP) is 3.50. The molecule has 1 N–H and O–H groups in total. The second-order valence-electron chi connectivity index (χ2n) is 6.70. The first-order valence-corrected chi connectivity index (χ1v) is 8.53. The lowest BCUT2D eigenvalue weighted by molar-refractivity contribution is -0.134. The number of carbonyl (C=O) groups excluding carboxylic acids is 1. The topological polar surface area (TPSA) is 40.5 Å². The molecule has 0 radical (unpaired) electrons. The molecule has 1 amide bonds. The molecule has 1 aromatic rings. The maximum Gasteiger partial charge on any atom is 0.223 e. The van der Waals surface area contributed by atoms with Crippen molar-refractivity contribution in [2.75, 3.05) is 13.1 Å². The van der Waals surface area contributed by atoms with Crippen molar-refractivity contribution in [1.82, 2.24) is 4.90 Å². The van der Waals surface area contributed by atoms with Gasteiger partial charge in [-0.1, -0.05) is 36.8 Å². The van der Waals surface area contributed by atoms with Crippen molar-refractivity contribution in [3.05, 3.63) is 35.4 Å². The highest BCUT2D eigenvalue weighted by Crippen LogP contribution is 2.26. The van der Waals surface area contributed by atoms with Crippen LogP contribution in [0.15, 0.2) is 24.3 Å². The lowest BCUT2D eigenvalue weighted by Gasteiger charge is -2.35. The predicted molar refractivity (Wildman–Crippen MR) is 89.8 cm³/mol. The van der Waals surface area contributed by atoms with E-state index in [0.717, 1.165) is 25.8 Å². The quantitative estimate of drug-likeness (QED) is 0.904. The molecule has 2 rings (SSSR count). The van der Waals surface area contributed by atoms with Crippen LogP contribution >= 0.6 is 0 Å². The van der Waals surface area contributed by atoms with Crippen molar-refractivity contribution < 1.29 is 9.90 Å². The average molecular weight is 303 g/mol. The van der Waals surface area contributed by atoms with Crippen molar-refractivity contribution in [1.29, 1.82) is 0 Å². The van der Waals surface area contributed by atoms with Crippen LogP contribution in [0.4, 0.5) is 0 Å². The Morgan fingerprint density at radius 3 is 2.64 bits per heavy atom. The van der Waals surface area contributed by atoms with Crippen molar-refractivity contribution >= 4 is 5.91 Å². The van der Waals surface area contributed by atoms with Crippen LogP contribution in [0.5, 0.6) is 0 Å². The van der Waals surface area contributed by atoms with E-state index in [4.69, 9.17) is 0 Å². The first kappa shape index (κ1) is 17.0. The molecule has 0 spiro atoms. The maximum absolute atomic E-state index is 12.6. The van der Waals surface area contributed by atoms with Gasteiger partial charge in [-0.15, -0.1) is 0 Å². The summed E-state index contributed by atoms with van der Waals surface area (Å²) in [5.74, 6) is 0.759. The third-order valence-electron chi connectivity index (χ3n) is 4.96. The van der Waals surface area contributed by atoms with E-state index in [1.807, 2.05) is 11.8 Å². The molecule has 1 fully saturated rings. The number of hydrogen-bond acceptors (Lipinski definition) is 2. The number of aliphatic hydroxyl groups is 1. The zero-order valence-electron chi connectivity index (χ0n) is 14.1. The second kappa shape index (κ2) is 7.77. The van der Waals surface area contributed by atoms with E-state index in [0.29, 0.717) is 18.9 Å². The Labute approximate surface area is 134 Å². The van der Waals surface area contributed by atoms with Gasteiger partial charge in [-0.2, -0.15) is 0 Å². The molecule has 3 atom stereocenters. The summed E-state index contributed by atoms with van der Waals surface area (Å²) in [5.41, 5.74) is 2.51. The Bertz CT molecular complexity index is 481. The number of aliphatic hydroxyl groups excluding tert-OH is 1. The summed E-state index contributed by atoms with van der Waals surface area (Å²) in [4.78, 5) is 14.6. The molecule has 0 bridgehead atoms. The number of piperidine rings is 1. The molecule has 0 aliphatic carbocycles. The van der Waals surface area contributed by atoms with Gasteiger partial charge >= 0.3 is 0 Å². The number of aryl methyl sites for hydroxylation is 1. The van der Waals surface area contributed by atoms with Crippen LogP contribution < -0.4 is 0 Å². The van der Waals surface area contributed by atoms with Gasteiger partial charge in [0.1, 0.15) is 0 Å². The Hall–Kier alpha value is -1.35. The van der Waals surface area contributed by atoms with Gasteiger partial charge in [0, 0.05) is 25.4 Å². The van der Waals surface area contributed by atoms with Gasteiger partial charge in [-0.25, -0.2) is 0 Å². The highest BCUT2D eigenvalue weighted by atomic mass is 16.3. The van der Waals surface area contributed by atoms with Gasteiger partial charge in [0.2, 0.25) is 5.91 Å². The maximum atomic E-state index is 12.6. The van der Waals surface area contributed by atoms with Crippen molar-refractivity contribution in [2.24, 2.45) is 5.92 Å². The molecule has 1 aromatic carbocycles. The zero-order valence-corrected chi connectivity index (χ0v) is 14.1. The fourth-order valence-electron chi connectivity index (χ4n) is 3.31. The molecule has 0 saturated carbocycles. The van der Waals surface area contributed by atoms with E-state index in [2.05, 4.69) is 38.1 Å². The minimum Gasteiger partial charge on any atom is -0.393 e. The third kappa shape index (κ3) is 4.33. The number of hydrogen-bond donors (Lipinski definition) is 1. The first-order valence-electron chi connectivity index (χ1n) is 8.53. The monoisotopic (exact) mass is 303 g/mol. The van der Waals surface area contributed by atoms with Gasteiger partial charge in [-0.05, 0) is 44.6 Å². The lowest BCUT2D eigenvalue weighted by atomic mass is 9.90. The molecule has 1 aliphatic heterocycles. The molecule has 3 unspecified atom stereocenters. The standard InChI is InChI=1S/C19H29NO2/c1-4-16(17-9-7-14(2)8-10-17)12-19(22)20-11-5-6-18(13-20)15(3)21/h7-10,15-16,18,21H,4-6,11-13H2,1-3H3. The smallest absolute Gasteiger partial charge is 0.223 e. The minimum absolute atomic E-state index is 0.233. The molecule has 3 heteroatoms. The van der Waals surface area contributed by atoms with Gasteiger partial charge in [0.05, 0.1) is 6.10 Å². The highest BCUT2D eigenvalue weighted by Gasteiger charge is 2.27. The van der Waals surface area contributed by atoms with E-state index >= 15 is 0 Å². The summed E-state index contributed by atoms with van der Waals surface area (Å²) in [6.07, 6.45) is 3.25. The van der Waals surface area contributed by atoms with Crippen molar-refractivity contribution in [3.63, 3.8) is 0 Å². The van der Waals surface area contributed by atoms with Crippen LogP contribution in [0, 0.1) is 12.8 Å². The average Bonchev–Trinajstić information content (AvgIpc) is 2.53. The van der Waals surface area contributed by atoms with Crippen LogP contribution in [-0.4, -0.2) is 35.1 Å². The van der Waals surface area contributed by atoms with E-state index in [9.17, 15) is 9.90 Å². The number of likely N-dealkylation sites (tertiary alicyclic amines) is 1. The number of benzene rings is 1. The van der Waals surface area contributed by atoms with E-state index in [1.54, 1.807) is 0 Å². The van der Waals surface area contributed by atoms with Gasteiger partial charge in [0.15, 0.2) is 0 Å². The Kier molecular flexibility index (Phi) is 6.01. The summed E-state index contributed by atoms with van der Waals surface area (Å²) >= 11 is 0. The highest BCUT2D eigenvalue weighted by molar-refractivity contribution is 5.77. The number of amides is 1. The fourth-order valence-corrected chi connectivity index (χ4v) is 3.31. The molecule has 3 nitrogen and oxygen atoms in total. The van der Waals surface area contributed by atoms with Gasteiger partial charge < -0.3 is 10.0 Å². The van der Waals surface area contributed by atoms with E-state index in [1.165, 1.54) is 11.1 Å². The summed E-state index contributed by atoms with van der Waals surface area (Å²) in [5, 5.41) is 9.77. The van der Waals surface area contributed by atoms with Crippen LogP contribution in [0.2, 0.25) is 0 Å². The normalized spacial score (nSPS) is 21.5. The molecule has 1 saturated heterocycles. The molecule has 22 heavy (non-hydrogen) atoms. The Balaban J connectivity index is 1.98. The number of carbonyl (C=O) groups is 1. The van der Waals surface area contributed by atoms with E-state index in [-0.39, 0.29) is 17.9 Å². The number of nitrogens with zero attached hydrogens (tertiary/aromatic N) is 1. The SMILES string of the molecule is CCC(CC(=O)N1CCCC(C(C)O)C1)c1ccc(C)cc1. The van der Waals surface area contributed by atoms with Gasteiger partial charge in [0.25, 0.3) is 0 Å². The molecule has 1 aliphatic rings. The lowest BCUT2D eigenvalue weighted by Crippen LogP contribution is -2.43. The number of rotatable bonds is 5. The molecule has 122 valence electrons. The third-order valence-corrected chi connectivity index (χ3v) is 4.96. The Morgan fingerprint density at radius 2 is 2.05 bits per heavy atom. The zero-order chi connectivity index (χ0) is 16.1. The van der Waals surface area contributed by atoms with Crippen LogP contribution in [-0.2, 0) is 4.79 Å². The molecular weight excluding hydrogens is 274 g/mol. The van der Waals surface area contributed by atoms with Crippen LogP contribution in [0.3, 0.4) is 0 Å². The summed E-state index contributed by atoms with van der Waals surface area (Å²) < 4.78 is 0. The molecule has 0 aromatic heterocycles. The largest absolute Gasteiger partial charge is 0.393 e. The van der Waals surface area contributed by atoms with Crippen molar-refractivity contribution in [3.8, 4) is 0 Å². The van der Waals surface area contributed by atoms with Crippen LogP contribution in [0.25, 0.3) is 0 Å². The van der Waals surface area contributed by atoms with Crippen LogP contribution in [0.1, 0.15) is 56.6 Å². The minimum atomic E-state index is -0.324. The molecule has 1 heterocycles. The first-order chi connectivity index (χ1) is 10.5. The second-order valence-corrected chi connectivity index (χ2v) is 6.70. The van der Waals surface area contributed by atoms with Crippen molar-refractivity contribution in [2.45, 2.75) is 58.5 Å². The fraction of sp³-hybridized carbons (Fsp3) is 0.632. The van der Waals surface area contributed by atoms with E-state index < -0.39 is 0 Å². The molecular formula is C19H29NO2. The summed E-state index contributed by atoms with van der Waals surface area (Å²) in [7, 11) is 0.